The molecule has 3 heterocycles. The van der Waals surface area contributed by atoms with Crippen molar-refractivity contribution in [1.82, 2.24) is 19.7 Å². The minimum absolute atomic E-state index is 0.147. The Morgan fingerprint density at radius 3 is 2.70 bits per heavy atom. The number of fused-ring (bicyclic) bond motifs is 2. The summed E-state index contributed by atoms with van der Waals surface area (Å²) in [6.45, 7) is 2.70. The zero-order valence-electron chi connectivity index (χ0n) is 22.2. The standard InChI is InChI=1S/C31H28N6OS2/c1-2-37-29(23-17-26(20-11-5-3-6-12-20)33-25-15-10-9-13-21(23)25)35-36-31(37)39-19-28(38)34-30-24(18-32)22-14-7-4-8-16-27(22)40-30/h3,5-6,9-13,15,17H,2,4,7-8,14,16,19H2,1H3,(H,34,38). The van der Waals surface area contributed by atoms with Gasteiger partial charge in [0.15, 0.2) is 11.0 Å². The Labute approximate surface area is 241 Å². The number of nitrogens with one attached hydrogen (secondary N) is 1. The Morgan fingerprint density at radius 2 is 1.88 bits per heavy atom. The minimum atomic E-state index is -0.147. The van der Waals surface area contributed by atoms with Gasteiger partial charge in [-0.3, -0.25) is 4.79 Å². The number of aromatic nitrogens is 4. The predicted molar refractivity (Wildman–Crippen MR) is 162 cm³/mol. The van der Waals surface area contributed by atoms with Crippen molar-refractivity contribution < 1.29 is 4.79 Å². The fraction of sp³-hybridized carbons (Fsp3) is 0.258. The Kier molecular flexibility index (Phi) is 7.62. The highest BCUT2D eigenvalue weighted by Crippen LogP contribution is 2.37. The third-order valence-corrected chi connectivity index (χ3v) is 9.35. The third kappa shape index (κ3) is 5.12. The molecule has 2 aromatic carbocycles. The lowest BCUT2D eigenvalue weighted by molar-refractivity contribution is -0.113. The van der Waals surface area contributed by atoms with Gasteiger partial charge in [0.05, 0.1) is 22.5 Å². The molecule has 200 valence electrons. The molecule has 0 spiro atoms. The molecule has 0 atom stereocenters. The van der Waals surface area contributed by atoms with E-state index in [0.29, 0.717) is 22.3 Å². The normalized spacial score (nSPS) is 13.0. The molecule has 0 bridgehead atoms. The Morgan fingerprint density at radius 1 is 1.07 bits per heavy atom. The lowest BCUT2D eigenvalue weighted by atomic mass is 10.0. The number of carbonyl (C=O) groups excluding carboxylic acids is 1. The van der Waals surface area contributed by atoms with Crippen molar-refractivity contribution >= 4 is 44.9 Å². The van der Waals surface area contributed by atoms with E-state index in [1.807, 2.05) is 41.0 Å². The van der Waals surface area contributed by atoms with Crippen LogP contribution in [0.4, 0.5) is 5.00 Å². The van der Waals surface area contributed by atoms with Gasteiger partial charge < -0.3 is 9.88 Å². The van der Waals surface area contributed by atoms with Crippen LogP contribution in [0.5, 0.6) is 0 Å². The summed E-state index contributed by atoms with van der Waals surface area (Å²) >= 11 is 2.91. The largest absolute Gasteiger partial charge is 0.316 e. The smallest absolute Gasteiger partial charge is 0.235 e. The zero-order valence-corrected chi connectivity index (χ0v) is 23.8. The summed E-state index contributed by atoms with van der Waals surface area (Å²) in [5.74, 6) is 0.776. The molecular weight excluding hydrogens is 537 g/mol. The Hall–Kier alpha value is -4.00. The van der Waals surface area contributed by atoms with E-state index in [2.05, 4.69) is 52.8 Å². The van der Waals surface area contributed by atoms with Crippen molar-refractivity contribution in [2.75, 3.05) is 11.1 Å². The second-order valence-electron chi connectivity index (χ2n) is 9.71. The number of thiophene rings is 1. The Balaban J connectivity index is 1.26. The van der Waals surface area contributed by atoms with E-state index in [-0.39, 0.29) is 11.7 Å². The van der Waals surface area contributed by atoms with Crippen molar-refractivity contribution in [3.05, 3.63) is 76.7 Å². The maximum absolute atomic E-state index is 13.0. The molecule has 0 radical (unpaired) electrons. The molecule has 3 aromatic heterocycles. The Bertz CT molecular complexity index is 1730. The molecule has 1 aliphatic rings. The van der Waals surface area contributed by atoms with E-state index in [0.717, 1.165) is 64.8 Å². The maximum Gasteiger partial charge on any atom is 0.235 e. The first-order chi connectivity index (χ1) is 19.7. The average Bonchev–Trinajstić information content (AvgIpc) is 3.47. The molecule has 7 nitrogen and oxygen atoms in total. The van der Waals surface area contributed by atoms with Crippen LogP contribution < -0.4 is 5.32 Å². The quantitative estimate of drug-likeness (QED) is 0.167. The number of amides is 1. The fourth-order valence-corrected chi connectivity index (χ4v) is 7.30. The second-order valence-corrected chi connectivity index (χ2v) is 11.8. The van der Waals surface area contributed by atoms with Crippen molar-refractivity contribution in [2.45, 2.75) is 50.7 Å². The van der Waals surface area contributed by atoms with E-state index in [1.54, 1.807) is 11.3 Å². The van der Waals surface area contributed by atoms with E-state index < -0.39 is 0 Å². The van der Waals surface area contributed by atoms with E-state index in [9.17, 15) is 10.1 Å². The first kappa shape index (κ1) is 26.2. The van der Waals surface area contributed by atoms with Crippen LogP contribution in [-0.4, -0.2) is 31.4 Å². The molecule has 0 aliphatic heterocycles. The van der Waals surface area contributed by atoms with Crippen LogP contribution in [0.1, 0.15) is 42.2 Å². The first-order valence-electron chi connectivity index (χ1n) is 13.5. The highest BCUT2D eigenvalue weighted by molar-refractivity contribution is 7.99. The molecule has 40 heavy (non-hydrogen) atoms. The molecule has 1 amide bonds. The van der Waals surface area contributed by atoms with E-state index >= 15 is 0 Å². The first-order valence-corrected chi connectivity index (χ1v) is 15.3. The average molecular weight is 565 g/mol. The lowest BCUT2D eigenvalue weighted by Crippen LogP contribution is -2.14. The van der Waals surface area contributed by atoms with Gasteiger partial charge in [0.2, 0.25) is 5.91 Å². The topological polar surface area (TPSA) is 96.5 Å². The predicted octanol–water partition coefficient (Wildman–Crippen LogP) is 7.11. The van der Waals surface area contributed by atoms with Gasteiger partial charge in [-0.15, -0.1) is 21.5 Å². The van der Waals surface area contributed by atoms with Gasteiger partial charge in [-0.25, -0.2) is 4.98 Å². The fourth-order valence-electron chi connectivity index (χ4n) is 5.24. The molecule has 1 aliphatic carbocycles. The summed E-state index contributed by atoms with van der Waals surface area (Å²) in [7, 11) is 0. The summed E-state index contributed by atoms with van der Waals surface area (Å²) < 4.78 is 2.04. The van der Waals surface area contributed by atoms with Gasteiger partial charge in [0.1, 0.15) is 11.1 Å². The van der Waals surface area contributed by atoms with Crippen molar-refractivity contribution in [3.8, 4) is 28.7 Å². The number of benzene rings is 2. The molecule has 0 saturated heterocycles. The number of hydrogen-bond donors (Lipinski definition) is 1. The molecule has 1 N–H and O–H groups in total. The van der Waals surface area contributed by atoms with Crippen LogP contribution in [0.2, 0.25) is 0 Å². The van der Waals surface area contributed by atoms with Crippen LogP contribution in [0, 0.1) is 11.3 Å². The van der Waals surface area contributed by atoms with E-state index in [4.69, 9.17) is 4.98 Å². The monoisotopic (exact) mass is 564 g/mol. The molecule has 0 fully saturated rings. The summed E-state index contributed by atoms with van der Waals surface area (Å²) in [5.41, 5.74) is 5.51. The number of aryl methyl sites for hydroxylation is 1. The van der Waals surface area contributed by atoms with Gasteiger partial charge >= 0.3 is 0 Å². The van der Waals surface area contributed by atoms with Gasteiger partial charge in [0.25, 0.3) is 0 Å². The lowest BCUT2D eigenvalue weighted by Gasteiger charge is -2.12. The highest BCUT2D eigenvalue weighted by atomic mass is 32.2. The molecule has 5 aromatic rings. The van der Waals surface area contributed by atoms with Crippen LogP contribution >= 0.6 is 23.1 Å². The second kappa shape index (κ2) is 11.6. The van der Waals surface area contributed by atoms with Crippen molar-refractivity contribution in [3.63, 3.8) is 0 Å². The van der Waals surface area contributed by atoms with Crippen LogP contribution in [0.15, 0.2) is 65.8 Å². The summed E-state index contributed by atoms with van der Waals surface area (Å²) in [4.78, 5) is 19.1. The summed E-state index contributed by atoms with van der Waals surface area (Å²) in [6, 6.07) is 22.6. The third-order valence-electron chi connectivity index (χ3n) is 7.18. The number of nitriles is 1. The number of nitrogens with zero attached hydrogens (tertiary/aromatic N) is 5. The molecule has 6 rings (SSSR count). The van der Waals surface area contributed by atoms with Gasteiger partial charge in [-0.05, 0) is 50.3 Å². The number of pyridine rings is 1. The SMILES string of the molecule is CCn1c(SCC(=O)Nc2sc3c(c2C#N)CCCCC3)nnc1-c1cc(-c2ccccc2)nc2ccccc12. The number of hydrogen-bond acceptors (Lipinski definition) is 7. The van der Waals surface area contributed by atoms with Crippen molar-refractivity contribution in [1.29, 1.82) is 5.26 Å². The number of para-hydroxylation sites is 1. The number of carbonyl (C=O) groups is 1. The number of thioether (sulfide) groups is 1. The minimum Gasteiger partial charge on any atom is -0.316 e. The molecule has 0 saturated carbocycles. The van der Waals surface area contributed by atoms with Crippen LogP contribution in [-0.2, 0) is 24.2 Å². The molecule has 0 unspecified atom stereocenters. The molecular formula is C31H28N6OS2. The maximum atomic E-state index is 13.0. The summed E-state index contributed by atoms with van der Waals surface area (Å²) in [6.07, 6.45) is 5.31. The number of anilines is 1. The van der Waals surface area contributed by atoms with Crippen LogP contribution in [0.25, 0.3) is 33.5 Å². The van der Waals surface area contributed by atoms with Gasteiger partial charge in [-0.2, -0.15) is 5.26 Å². The number of rotatable bonds is 7. The van der Waals surface area contributed by atoms with Gasteiger partial charge in [-0.1, -0.05) is 66.7 Å². The van der Waals surface area contributed by atoms with Crippen LogP contribution in [0.3, 0.4) is 0 Å². The highest BCUT2D eigenvalue weighted by Gasteiger charge is 2.22. The summed E-state index contributed by atoms with van der Waals surface area (Å²) in [5, 5.41) is 24.2. The zero-order chi connectivity index (χ0) is 27.5. The van der Waals surface area contributed by atoms with E-state index in [1.165, 1.54) is 23.1 Å². The van der Waals surface area contributed by atoms with Gasteiger partial charge in [0, 0.05) is 27.9 Å². The van der Waals surface area contributed by atoms with Crippen molar-refractivity contribution in [2.24, 2.45) is 0 Å². The molecule has 9 heteroatoms.